The Bertz CT molecular complexity index is 766. The maximum absolute atomic E-state index is 13.0. The molecule has 110 valence electrons. The average Bonchev–Trinajstić information content (AvgIpc) is 2.37. The van der Waals surface area contributed by atoms with Gasteiger partial charge in [0.05, 0.1) is 17.2 Å². The zero-order chi connectivity index (χ0) is 15.8. The number of rotatable bonds is 2. The number of benzene rings is 1. The van der Waals surface area contributed by atoms with Crippen LogP contribution in [0.1, 0.15) is 21.7 Å². The van der Waals surface area contributed by atoms with Gasteiger partial charge in [-0.05, 0) is 19.1 Å². The topological polar surface area (TPSA) is 75.0 Å². The van der Waals surface area contributed by atoms with E-state index in [4.69, 9.17) is 0 Å². The van der Waals surface area contributed by atoms with Crippen molar-refractivity contribution in [2.45, 2.75) is 13.1 Å². The summed E-state index contributed by atoms with van der Waals surface area (Å²) in [4.78, 5) is 22.2. The molecule has 0 unspecified atom stereocenters. The lowest BCUT2D eigenvalue weighted by Gasteiger charge is -2.16. The van der Waals surface area contributed by atoms with E-state index in [1.807, 2.05) is 0 Å². The highest BCUT2D eigenvalue weighted by atomic mass is 19.4. The van der Waals surface area contributed by atoms with E-state index in [-0.39, 0.29) is 11.4 Å². The van der Waals surface area contributed by atoms with Crippen LogP contribution in [0.25, 0.3) is 5.69 Å². The summed E-state index contributed by atoms with van der Waals surface area (Å²) in [6.45, 7) is 1.35. The van der Waals surface area contributed by atoms with Gasteiger partial charge in [-0.15, -0.1) is 0 Å². The van der Waals surface area contributed by atoms with Gasteiger partial charge in [-0.25, -0.2) is 4.68 Å². The number of hydrogen-bond donors (Lipinski definition) is 0. The standard InChI is InChI=1S/C13H9F3N2O3/c1-7-6-10(19)11(12(20)21)17-18(7)9-5-3-2-4-8(9)13(14,15)16/h2-6H,1H3,(H,20,21)/p-1. The Morgan fingerprint density at radius 1 is 1.29 bits per heavy atom. The van der Waals surface area contributed by atoms with Crippen molar-refractivity contribution in [2.75, 3.05) is 0 Å². The van der Waals surface area contributed by atoms with Crippen LogP contribution in [-0.4, -0.2) is 15.7 Å². The van der Waals surface area contributed by atoms with E-state index < -0.39 is 28.8 Å². The molecule has 0 saturated carbocycles. The Kier molecular flexibility index (Phi) is 3.54. The second kappa shape index (κ2) is 5.04. The average molecular weight is 297 g/mol. The minimum absolute atomic E-state index is 0.0710. The number of carbonyl (C=O) groups is 1. The van der Waals surface area contributed by atoms with Crippen molar-refractivity contribution in [3.05, 3.63) is 57.5 Å². The molecule has 0 aliphatic heterocycles. The summed E-state index contributed by atoms with van der Waals surface area (Å²) in [5.74, 6) is -1.85. The number of aromatic carboxylic acids is 1. The van der Waals surface area contributed by atoms with Crippen molar-refractivity contribution < 1.29 is 23.1 Å². The van der Waals surface area contributed by atoms with Gasteiger partial charge in [-0.1, -0.05) is 12.1 Å². The molecule has 1 heterocycles. The molecule has 5 nitrogen and oxygen atoms in total. The number of para-hydroxylation sites is 1. The Morgan fingerprint density at radius 3 is 2.48 bits per heavy atom. The van der Waals surface area contributed by atoms with Gasteiger partial charge in [0.2, 0.25) is 5.43 Å². The highest BCUT2D eigenvalue weighted by molar-refractivity contribution is 5.83. The fourth-order valence-corrected chi connectivity index (χ4v) is 1.83. The third-order valence-corrected chi connectivity index (χ3v) is 2.74. The first-order valence-corrected chi connectivity index (χ1v) is 5.70. The van der Waals surface area contributed by atoms with Gasteiger partial charge in [0.15, 0.2) is 5.69 Å². The van der Waals surface area contributed by atoms with E-state index in [0.717, 1.165) is 22.9 Å². The Morgan fingerprint density at radius 2 is 1.90 bits per heavy atom. The number of carboxylic acids is 1. The Balaban J connectivity index is 2.77. The zero-order valence-corrected chi connectivity index (χ0v) is 10.6. The third-order valence-electron chi connectivity index (χ3n) is 2.74. The molecule has 0 saturated heterocycles. The van der Waals surface area contributed by atoms with Crippen LogP contribution in [0.3, 0.4) is 0 Å². The molecule has 0 aliphatic rings. The molecule has 8 heteroatoms. The molecule has 0 amide bonds. The van der Waals surface area contributed by atoms with E-state index >= 15 is 0 Å². The van der Waals surface area contributed by atoms with Gasteiger partial charge < -0.3 is 9.90 Å². The lowest BCUT2D eigenvalue weighted by Crippen LogP contribution is -2.32. The van der Waals surface area contributed by atoms with E-state index in [9.17, 15) is 27.9 Å². The summed E-state index contributed by atoms with van der Waals surface area (Å²) in [6.07, 6.45) is -4.64. The normalized spacial score (nSPS) is 11.4. The molecule has 0 aliphatic carbocycles. The fourth-order valence-electron chi connectivity index (χ4n) is 1.83. The van der Waals surface area contributed by atoms with Crippen molar-refractivity contribution in [2.24, 2.45) is 0 Å². The molecule has 21 heavy (non-hydrogen) atoms. The Labute approximate surface area is 116 Å². The minimum atomic E-state index is -4.64. The van der Waals surface area contributed by atoms with Crippen molar-refractivity contribution in [3.63, 3.8) is 0 Å². The van der Waals surface area contributed by atoms with Gasteiger partial charge in [0.25, 0.3) is 0 Å². The monoisotopic (exact) mass is 297 g/mol. The van der Waals surface area contributed by atoms with E-state index in [0.29, 0.717) is 0 Å². The number of hydrogen-bond acceptors (Lipinski definition) is 4. The van der Waals surface area contributed by atoms with Crippen LogP contribution < -0.4 is 10.5 Å². The van der Waals surface area contributed by atoms with E-state index in [2.05, 4.69) is 5.10 Å². The fraction of sp³-hybridized carbons (Fsp3) is 0.154. The third kappa shape index (κ3) is 2.78. The van der Waals surface area contributed by atoms with E-state index in [1.54, 1.807) is 0 Å². The van der Waals surface area contributed by atoms with Crippen LogP contribution in [0.2, 0.25) is 0 Å². The molecular formula is C13H8F3N2O3-. The maximum Gasteiger partial charge on any atom is 0.418 e. The molecule has 0 atom stereocenters. The first kappa shape index (κ1) is 14.8. The number of carboxylic acid groups (broad SMARTS) is 1. The highest BCUT2D eigenvalue weighted by Gasteiger charge is 2.34. The molecule has 0 N–H and O–H groups in total. The van der Waals surface area contributed by atoms with E-state index in [1.165, 1.54) is 19.1 Å². The highest BCUT2D eigenvalue weighted by Crippen LogP contribution is 2.33. The molecule has 0 spiro atoms. The van der Waals surface area contributed by atoms with Gasteiger partial charge >= 0.3 is 6.18 Å². The first-order chi connectivity index (χ1) is 9.71. The van der Waals surface area contributed by atoms with Gasteiger partial charge in [-0.3, -0.25) is 4.79 Å². The van der Waals surface area contributed by atoms with Crippen molar-refractivity contribution >= 4 is 5.97 Å². The quantitative estimate of drug-likeness (QED) is 0.826. The maximum atomic E-state index is 13.0. The van der Waals surface area contributed by atoms with Crippen LogP contribution in [-0.2, 0) is 6.18 Å². The number of alkyl halides is 3. The second-order valence-corrected chi connectivity index (χ2v) is 4.21. The van der Waals surface area contributed by atoms with Gasteiger partial charge in [-0.2, -0.15) is 18.3 Å². The molecule has 0 fully saturated rings. The van der Waals surface area contributed by atoms with Gasteiger partial charge in [0.1, 0.15) is 0 Å². The number of aryl methyl sites for hydroxylation is 1. The lowest BCUT2D eigenvalue weighted by molar-refractivity contribution is -0.255. The predicted molar refractivity (Wildman–Crippen MR) is 63.9 cm³/mol. The molecule has 2 aromatic rings. The molecule has 2 rings (SSSR count). The van der Waals surface area contributed by atoms with Crippen LogP contribution in [0.15, 0.2) is 35.1 Å². The smallest absolute Gasteiger partial charge is 0.418 e. The van der Waals surface area contributed by atoms with Crippen LogP contribution in [0.4, 0.5) is 13.2 Å². The summed E-state index contributed by atoms with van der Waals surface area (Å²) in [7, 11) is 0. The summed E-state index contributed by atoms with van der Waals surface area (Å²) in [5, 5.41) is 14.2. The SMILES string of the molecule is Cc1cc(=O)c(C(=O)[O-])nn1-c1ccccc1C(F)(F)F. The number of aromatic nitrogens is 2. The van der Waals surface area contributed by atoms with Gasteiger partial charge in [0, 0.05) is 11.8 Å². The number of nitrogens with zero attached hydrogens (tertiary/aromatic N) is 2. The summed E-state index contributed by atoms with van der Waals surface area (Å²) in [6, 6.07) is 5.41. The minimum Gasteiger partial charge on any atom is -0.543 e. The van der Waals surface area contributed by atoms with Crippen LogP contribution >= 0.6 is 0 Å². The number of carbonyl (C=O) groups excluding carboxylic acids is 1. The first-order valence-electron chi connectivity index (χ1n) is 5.70. The van der Waals surface area contributed by atoms with Crippen molar-refractivity contribution in [3.8, 4) is 5.69 Å². The summed E-state index contributed by atoms with van der Waals surface area (Å²) in [5.41, 5.74) is -3.16. The van der Waals surface area contributed by atoms with Crippen LogP contribution in [0.5, 0.6) is 0 Å². The predicted octanol–water partition coefficient (Wildman–Crippen LogP) is 0.923. The molecule has 1 aromatic heterocycles. The second-order valence-electron chi connectivity index (χ2n) is 4.21. The lowest BCUT2D eigenvalue weighted by atomic mass is 10.1. The Hall–Kier alpha value is -2.64. The largest absolute Gasteiger partial charge is 0.543 e. The van der Waals surface area contributed by atoms with Crippen LogP contribution in [0, 0.1) is 6.92 Å². The number of halogens is 3. The zero-order valence-electron chi connectivity index (χ0n) is 10.6. The summed E-state index contributed by atoms with van der Waals surface area (Å²) < 4.78 is 39.7. The molecular weight excluding hydrogens is 289 g/mol. The molecule has 0 bridgehead atoms. The summed E-state index contributed by atoms with van der Waals surface area (Å²) >= 11 is 0. The van der Waals surface area contributed by atoms with Crippen molar-refractivity contribution in [1.82, 2.24) is 9.78 Å². The molecule has 0 radical (unpaired) electrons. The molecule has 1 aromatic carbocycles. The van der Waals surface area contributed by atoms with Crippen molar-refractivity contribution in [1.29, 1.82) is 0 Å².